The number of carboxylic acid groups (broad SMARTS) is 1. The minimum atomic E-state index is -0.860. The molecular weight excluding hydrogens is 274 g/mol. The highest BCUT2D eigenvalue weighted by Crippen LogP contribution is 2.31. The van der Waals surface area contributed by atoms with E-state index in [1.165, 1.54) is 11.8 Å². The van der Waals surface area contributed by atoms with Crippen molar-refractivity contribution >= 4 is 23.6 Å². The molecule has 108 valence electrons. The van der Waals surface area contributed by atoms with E-state index in [2.05, 4.69) is 0 Å². The topological polar surface area (TPSA) is 57.6 Å². The van der Waals surface area contributed by atoms with Gasteiger partial charge in [-0.15, -0.1) is 11.8 Å². The quantitative estimate of drug-likeness (QED) is 0.819. The minimum absolute atomic E-state index is 0.0504. The summed E-state index contributed by atoms with van der Waals surface area (Å²) in [6.45, 7) is 1.92. The lowest BCUT2D eigenvalue weighted by molar-refractivity contribution is -0.141. The van der Waals surface area contributed by atoms with Gasteiger partial charge >= 0.3 is 5.97 Å². The molecule has 1 saturated carbocycles. The van der Waals surface area contributed by atoms with Crippen molar-refractivity contribution in [3.63, 3.8) is 0 Å². The molecule has 1 aliphatic rings. The van der Waals surface area contributed by atoms with E-state index in [1.54, 1.807) is 11.8 Å². The Morgan fingerprint density at radius 1 is 1.40 bits per heavy atom. The molecule has 0 bridgehead atoms. The van der Waals surface area contributed by atoms with Crippen molar-refractivity contribution in [2.75, 3.05) is 12.8 Å². The van der Waals surface area contributed by atoms with E-state index in [1.807, 2.05) is 30.5 Å². The fraction of sp³-hybridized carbons (Fsp3) is 0.467. The highest BCUT2D eigenvalue weighted by atomic mass is 32.2. The lowest BCUT2D eigenvalue weighted by Gasteiger charge is -2.25. The second kappa shape index (κ2) is 6.31. The Bertz CT molecular complexity index is 514. The Morgan fingerprint density at radius 2 is 2.05 bits per heavy atom. The summed E-state index contributed by atoms with van der Waals surface area (Å²) >= 11 is 1.53. The predicted octanol–water partition coefficient (Wildman–Crippen LogP) is 2.73. The van der Waals surface area contributed by atoms with Gasteiger partial charge in [0, 0.05) is 17.5 Å². The van der Waals surface area contributed by atoms with Crippen LogP contribution < -0.4 is 0 Å². The number of thioether (sulfide) groups is 1. The number of nitrogens with zero attached hydrogens (tertiary/aromatic N) is 1. The second-order valence-corrected chi connectivity index (χ2v) is 5.98. The van der Waals surface area contributed by atoms with Crippen LogP contribution in [0.4, 0.5) is 0 Å². The predicted molar refractivity (Wildman–Crippen MR) is 79.1 cm³/mol. The monoisotopic (exact) mass is 293 g/mol. The number of benzene rings is 1. The van der Waals surface area contributed by atoms with Gasteiger partial charge in [-0.3, -0.25) is 9.59 Å². The molecule has 1 aliphatic carbocycles. The SMILES string of the molecule is CSc1ccccc1C(=O)N(CC(C)C(=O)O)C1CC1. The van der Waals surface area contributed by atoms with Crippen LogP contribution in [0, 0.1) is 5.92 Å². The standard InChI is InChI=1S/C15H19NO3S/c1-10(15(18)19)9-16(11-7-8-11)14(17)12-5-3-4-6-13(12)20-2/h3-6,10-11H,7-9H2,1-2H3,(H,18,19). The van der Waals surface area contributed by atoms with Crippen LogP contribution in [0.25, 0.3) is 0 Å². The largest absolute Gasteiger partial charge is 0.481 e. The van der Waals surface area contributed by atoms with Crippen LogP contribution in [0.3, 0.4) is 0 Å². The molecule has 20 heavy (non-hydrogen) atoms. The molecule has 0 aliphatic heterocycles. The van der Waals surface area contributed by atoms with E-state index in [9.17, 15) is 9.59 Å². The number of amides is 1. The average Bonchev–Trinajstić information content (AvgIpc) is 3.28. The Hall–Kier alpha value is -1.49. The highest BCUT2D eigenvalue weighted by molar-refractivity contribution is 7.98. The maximum atomic E-state index is 12.7. The molecule has 0 radical (unpaired) electrons. The fourth-order valence-corrected chi connectivity index (χ4v) is 2.72. The molecule has 1 amide bonds. The maximum absolute atomic E-state index is 12.7. The van der Waals surface area contributed by atoms with E-state index >= 15 is 0 Å². The average molecular weight is 293 g/mol. The number of hydrogen-bond donors (Lipinski definition) is 1. The van der Waals surface area contributed by atoms with Crippen molar-refractivity contribution < 1.29 is 14.7 Å². The van der Waals surface area contributed by atoms with Gasteiger partial charge in [0.15, 0.2) is 0 Å². The molecule has 2 rings (SSSR count). The van der Waals surface area contributed by atoms with Gasteiger partial charge in [0.25, 0.3) is 5.91 Å². The molecular formula is C15H19NO3S. The van der Waals surface area contributed by atoms with Gasteiger partial charge in [-0.1, -0.05) is 19.1 Å². The van der Waals surface area contributed by atoms with E-state index in [0.717, 1.165) is 17.7 Å². The summed E-state index contributed by atoms with van der Waals surface area (Å²) < 4.78 is 0. The van der Waals surface area contributed by atoms with Crippen LogP contribution in [0.5, 0.6) is 0 Å². The summed E-state index contributed by atoms with van der Waals surface area (Å²) in [5.41, 5.74) is 0.671. The van der Waals surface area contributed by atoms with Crippen LogP contribution in [-0.2, 0) is 4.79 Å². The van der Waals surface area contributed by atoms with E-state index < -0.39 is 11.9 Å². The fourth-order valence-electron chi connectivity index (χ4n) is 2.13. The molecule has 1 atom stereocenters. The normalized spacial score (nSPS) is 15.7. The Labute approximate surface area is 123 Å². The van der Waals surface area contributed by atoms with E-state index in [0.29, 0.717) is 5.56 Å². The molecule has 0 saturated heterocycles. The third kappa shape index (κ3) is 3.33. The zero-order valence-electron chi connectivity index (χ0n) is 11.7. The van der Waals surface area contributed by atoms with Crippen molar-refractivity contribution in [2.24, 2.45) is 5.92 Å². The number of rotatable bonds is 6. The summed E-state index contributed by atoms with van der Waals surface area (Å²) in [5.74, 6) is -1.45. The van der Waals surface area contributed by atoms with Crippen molar-refractivity contribution in [3.05, 3.63) is 29.8 Å². The number of hydrogen-bond acceptors (Lipinski definition) is 3. The molecule has 0 heterocycles. The molecule has 1 fully saturated rings. The van der Waals surface area contributed by atoms with Crippen LogP contribution in [0.15, 0.2) is 29.2 Å². The zero-order chi connectivity index (χ0) is 14.7. The first kappa shape index (κ1) is 14.9. The minimum Gasteiger partial charge on any atom is -0.481 e. The van der Waals surface area contributed by atoms with Gasteiger partial charge in [0.2, 0.25) is 0 Å². The Balaban J connectivity index is 2.21. The molecule has 0 aromatic heterocycles. The summed E-state index contributed by atoms with van der Waals surface area (Å²) in [6.07, 6.45) is 3.88. The van der Waals surface area contributed by atoms with Crippen molar-refractivity contribution in [2.45, 2.75) is 30.7 Å². The third-order valence-corrected chi connectivity index (χ3v) is 4.27. The summed E-state index contributed by atoms with van der Waals surface area (Å²) in [6, 6.07) is 7.69. The third-order valence-electron chi connectivity index (χ3n) is 3.48. The van der Waals surface area contributed by atoms with E-state index in [4.69, 9.17) is 5.11 Å². The van der Waals surface area contributed by atoms with Gasteiger partial charge in [0.1, 0.15) is 0 Å². The first-order chi connectivity index (χ1) is 9.54. The van der Waals surface area contributed by atoms with Gasteiger partial charge in [-0.2, -0.15) is 0 Å². The smallest absolute Gasteiger partial charge is 0.308 e. The van der Waals surface area contributed by atoms with Crippen molar-refractivity contribution in [1.29, 1.82) is 0 Å². The van der Waals surface area contributed by atoms with Crippen LogP contribution in [0.2, 0.25) is 0 Å². The lowest BCUT2D eigenvalue weighted by Crippen LogP contribution is -2.38. The highest BCUT2D eigenvalue weighted by Gasteiger charge is 2.35. The number of carbonyl (C=O) groups is 2. The number of carboxylic acids is 1. The first-order valence-electron chi connectivity index (χ1n) is 6.71. The number of aliphatic carboxylic acids is 1. The van der Waals surface area contributed by atoms with Crippen LogP contribution in [-0.4, -0.2) is 40.7 Å². The van der Waals surface area contributed by atoms with Gasteiger partial charge < -0.3 is 10.0 Å². The number of carbonyl (C=O) groups excluding carboxylic acids is 1. The second-order valence-electron chi connectivity index (χ2n) is 5.13. The van der Waals surface area contributed by atoms with Gasteiger partial charge in [-0.25, -0.2) is 0 Å². The summed E-state index contributed by atoms with van der Waals surface area (Å²) in [4.78, 5) is 26.4. The Kier molecular flexibility index (Phi) is 4.70. The Morgan fingerprint density at radius 3 is 2.60 bits per heavy atom. The molecule has 1 unspecified atom stereocenters. The maximum Gasteiger partial charge on any atom is 0.308 e. The molecule has 4 nitrogen and oxygen atoms in total. The van der Waals surface area contributed by atoms with Crippen molar-refractivity contribution in [3.8, 4) is 0 Å². The molecule has 0 spiro atoms. The van der Waals surface area contributed by atoms with Gasteiger partial charge in [-0.05, 0) is 31.2 Å². The van der Waals surface area contributed by atoms with Crippen molar-refractivity contribution in [1.82, 2.24) is 4.90 Å². The first-order valence-corrected chi connectivity index (χ1v) is 7.94. The summed E-state index contributed by atoms with van der Waals surface area (Å²) in [5, 5.41) is 9.04. The molecule has 1 aromatic rings. The zero-order valence-corrected chi connectivity index (χ0v) is 12.5. The van der Waals surface area contributed by atoms with Crippen LogP contribution in [0.1, 0.15) is 30.1 Å². The van der Waals surface area contributed by atoms with Gasteiger partial charge in [0.05, 0.1) is 11.5 Å². The van der Waals surface area contributed by atoms with E-state index in [-0.39, 0.29) is 18.5 Å². The molecule has 1 N–H and O–H groups in total. The molecule has 1 aromatic carbocycles. The molecule has 5 heteroatoms. The lowest BCUT2D eigenvalue weighted by atomic mass is 10.1. The van der Waals surface area contributed by atoms with Crippen LogP contribution >= 0.6 is 11.8 Å². The summed E-state index contributed by atoms with van der Waals surface area (Å²) in [7, 11) is 0.